The molecule has 6 heteroatoms. The summed E-state index contributed by atoms with van der Waals surface area (Å²) in [5.74, 6) is 2.23. The van der Waals surface area contributed by atoms with Crippen LogP contribution in [0.15, 0.2) is 199 Å². The first-order valence-electron chi connectivity index (χ1n) is 18.9. The van der Waals surface area contributed by atoms with E-state index < -0.39 is 0 Å². The zero-order valence-electron chi connectivity index (χ0n) is 30.6. The first-order chi connectivity index (χ1) is 28.2. The van der Waals surface area contributed by atoms with Gasteiger partial charge in [-0.1, -0.05) is 109 Å². The van der Waals surface area contributed by atoms with Gasteiger partial charge < -0.3 is 14.1 Å². The maximum atomic E-state index is 6.43. The lowest BCUT2D eigenvalue weighted by Crippen LogP contribution is -2.15. The van der Waals surface area contributed by atoms with Crippen LogP contribution in [0.5, 0.6) is 11.5 Å². The van der Waals surface area contributed by atoms with E-state index >= 15 is 0 Å². The summed E-state index contributed by atoms with van der Waals surface area (Å²) in [6.45, 7) is 0. The second kappa shape index (κ2) is 13.5. The molecular weight excluding hydrogens is 701 g/mol. The predicted octanol–water partition coefficient (Wildman–Crippen LogP) is 13.7. The highest BCUT2D eigenvalue weighted by atomic mass is 16.5. The summed E-state index contributed by atoms with van der Waals surface area (Å²) in [6.07, 6.45) is 3.65. The van der Waals surface area contributed by atoms with Crippen molar-refractivity contribution >= 4 is 39.0 Å². The van der Waals surface area contributed by atoms with E-state index in [0.29, 0.717) is 5.82 Å². The van der Waals surface area contributed by atoms with Crippen LogP contribution < -0.4 is 9.64 Å². The number of nitrogens with zero attached hydrogens (tertiary/aromatic N) is 4. The second-order valence-electron chi connectivity index (χ2n) is 14.1. The molecule has 1 aliphatic rings. The number of furan rings is 1. The van der Waals surface area contributed by atoms with E-state index in [2.05, 4.69) is 107 Å². The van der Waals surface area contributed by atoms with Crippen LogP contribution in [-0.4, -0.2) is 15.0 Å². The molecule has 0 aliphatic carbocycles. The molecule has 7 aromatic carbocycles. The van der Waals surface area contributed by atoms with Gasteiger partial charge in [-0.3, -0.25) is 4.98 Å². The average molecular weight is 733 g/mol. The van der Waals surface area contributed by atoms with E-state index in [1.807, 2.05) is 97.3 Å². The number of aromatic nitrogens is 3. The number of fused-ring (bicyclic) bond motifs is 5. The van der Waals surface area contributed by atoms with Gasteiger partial charge >= 0.3 is 0 Å². The molecule has 0 saturated heterocycles. The number of rotatable bonds is 6. The van der Waals surface area contributed by atoms with Gasteiger partial charge in [0.25, 0.3) is 0 Å². The molecule has 0 unspecified atom stereocenters. The van der Waals surface area contributed by atoms with Crippen molar-refractivity contribution in [2.75, 3.05) is 4.90 Å². The zero-order valence-corrected chi connectivity index (χ0v) is 30.6. The minimum absolute atomic E-state index is 0.642. The third-order valence-electron chi connectivity index (χ3n) is 10.6. The Bertz CT molecular complexity index is 3060. The Morgan fingerprint density at radius 1 is 0.421 bits per heavy atom. The fourth-order valence-corrected chi connectivity index (χ4v) is 7.87. The molecule has 0 N–H and O–H groups in total. The highest BCUT2D eigenvalue weighted by molar-refractivity contribution is 6.12. The number of hydrogen-bond donors (Lipinski definition) is 0. The van der Waals surface area contributed by atoms with Crippen LogP contribution in [0, 0.1) is 0 Å². The van der Waals surface area contributed by atoms with Crippen LogP contribution in [0.1, 0.15) is 0 Å². The third kappa shape index (κ3) is 5.79. The Hall–Kier alpha value is -7.83. The van der Waals surface area contributed by atoms with E-state index in [-0.39, 0.29) is 0 Å². The van der Waals surface area contributed by atoms with Crippen LogP contribution >= 0.6 is 0 Å². The first-order valence-corrected chi connectivity index (χ1v) is 18.9. The van der Waals surface area contributed by atoms with Crippen molar-refractivity contribution in [2.45, 2.75) is 0 Å². The minimum atomic E-state index is 0.642. The quantitative estimate of drug-likeness (QED) is 0.170. The summed E-state index contributed by atoms with van der Waals surface area (Å²) < 4.78 is 12.8. The molecule has 268 valence electrons. The number of pyridine rings is 1. The molecule has 0 bridgehead atoms. The van der Waals surface area contributed by atoms with Gasteiger partial charge in [0.15, 0.2) is 17.3 Å². The first kappa shape index (κ1) is 32.6. The molecule has 0 amide bonds. The van der Waals surface area contributed by atoms with Crippen molar-refractivity contribution in [3.63, 3.8) is 0 Å². The molecule has 0 saturated carbocycles. The Labute approximate surface area is 329 Å². The largest absolute Gasteiger partial charge is 0.456 e. The molecule has 0 fully saturated rings. The standard InChI is InChI=1S/C51H32N4O2/c1-2-11-36(12-3-1)51-53-42(32-43(54-51)40-14-10-20-49-50(40)41-13-4-7-17-46(41)56-49)38-29-37(34-23-21-33(22-24-34)35-25-27-52-28-26-35)30-39(31-38)55-44-15-5-8-18-47(44)57-48-19-9-6-16-45(48)55/h1-32H. The minimum Gasteiger partial charge on any atom is -0.456 e. The molecular formula is C51H32N4O2. The molecule has 1 aliphatic heterocycles. The SMILES string of the molecule is c1ccc(-c2nc(-c3cc(-c4ccc(-c5ccncc5)cc4)cc(N4c5ccccc5Oc5ccccc54)c3)cc(-c3cccc4oc5ccccc5c34)n2)cc1. The van der Waals surface area contributed by atoms with E-state index in [9.17, 15) is 0 Å². The number of benzene rings is 7. The molecule has 0 spiro atoms. The van der Waals surface area contributed by atoms with Gasteiger partial charge in [0.05, 0.1) is 22.8 Å². The Balaban J connectivity index is 1.15. The number of anilines is 3. The topological polar surface area (TPSA) is 64.3 Å². The third-order valence-corrected chi connectivity index (χ3v) is 10.6. The lowest BCUT2D eigenvalue weighted by atomic mass is 9.96. The van der Waals surface area contributed by atoms with E-state index in [4.69, 9.17) is 19.1 Å². The molecule has 10 aromatic rings. The van der Waals surface area contributed by atoms with Crippen LogP contribution in [0.25, 0.3) is 78.1 Å². The van der Waals surface area contributed by atoms with Crippen molar-refractivity contribution in [1.29, 1.82) is 0 Å². The molecule has 3 aromatic heterocycles. The fraction of sp³-hybridized carbons (Fsp3) is 0. The van der Waals surface area contributed by atoms with Crippen LogP contribution in [-0.2, 0) is 0 Å². The van der Waals surface area contributed by atoms with Gasteiger partial charge in [-0.05, 0) is 95.1 Å². The zero-order chi connectivity index (χ0) is 37.7. The van der Waals surface area contributed by atoms with E-state index in [0.717, 1.165) is 101 Å². The van der Waals surface area contributed by atoms with Crippen molar-refractivity contribution in [3.8, 4) is 67.7 Å². The molecule has 0 radical (unpaired) electrons. The maximum absolute atomic E-state index is 6.43. The molecule has 57 heavy (non-hydrogen) atoms. The highest BCUT2D eigenvalue weighted by Gasteiger charge is 2.26. The summed E-state index contributed by atoms with van der Waals surface area (Å²) >= 11 is 0. The van der Waals surface area contributed by atoms with Gasteiger partial charge in [0, 0.05) is 45.5 Å². The summed E-state index contributed by atoms with van der Waals surface area (Å²) in [7, 11) is 0. The molecule has 4 heterocycles. The van der Waals surface area contributed by atoms with Gasteiger partial charge in [-0.15, -0.1) is 0 Å². The van der Waals surface area contributed by atoms with Crippen LogP contribution in [0.3, 0.4) is 0 Å². The van der Waals surface area contributed by atoms with E-state index in [1.165, 1.54) is 0 Å². The predicted molar refractivity (Wildman–Crippen MR) is 229 cm³/mol. The number of para-hydroxylation sites is 5. The number of hydrogen-bond acceptors (Lipinski definition) is 6. The summed E-state index contributed by atoms with van der Waals surface area (Å²) in [5, 5.41) is 2.08. The van der Waals surface area contributed by atoms with Gasteiger partial charge in [-0.25, -0.2) is 9.97 Å². The van der Waals surface area contributed by atoms with Crippen molar-refractivity contribution < 1.29 is 9.15 Å². The monoisotopic (exact) mass is 732 g/mol. The summed E-state index contributed by atoms with van der Waals surface area (Å²) in [6, 6.07) is 62.5. The smallest absolute Gasteiger partial charge is 0.160 e. The van der Waals surface area contributed by atoms with Gasteiger partial charge in [0.2, 0.25) is 0 Å². The van der Waals surface area contributed by atoms with Crippen LogP contribution in [0.2, 0.25) is 0 Å². The summed E-state index contributed by atoms with van der Waals surface area (Å²) in [4.78, 5) is 17.0. The van der Waals surface area contributed by atoms with Crippen molar-refractivity contribution in [3.05, 3.63) is 194 Å². The van der Waals surface area contributed by atoms with Gasteiger partial charge in [0.1, 0.15) is 11.2 Å². The molecule has 0 atom stereocenters. The molecule has 6 nitrogen and oxygen atoms in total. The fourth-order valence-electron chi connectivity index (χ4n) is 7.87. The van der Waals surface area contributed by atoms with Gasteiger partial charge in [-0.2, -0.15) is 0 Å². The average Bonchev–Trinajstić information content (AvgIpc) is 3.68. The van der Waals surface area contributed by atoms with Crippen molar-refractivity contribution in [1.82, 2.24) is 15.0 Å². The Morgan fingerprint density at radius 3 is 1.81 bits per heavy atom. The highest BCUT2D eigenvalue weighted by Crippen LogP contribution is 2.51. The maximum Gasteiger partial charge on any atom is 0.160 e. The number of ether oxygens (including phenoxy) is 1. The lowest BCUT2D eigenvalue weighted by molar-refractivity contribution is 0.477. The second-order valence-corrected chi connectivity index (χ2v) is 14.1. The van der Waals surface area contributed by atoms with Crippen LogP contribution in [0.4, 0.5) is 17.1 Å². The van der Waals surface area contributed by atoms with Crippen molar-refractivity contribution in [2.24, 2.45) is 0 Å². The lowest BCUT2D eigenvalue weighted by Gasteiger charge is -2.33. The van der Waals surface area contributed by atoms with E-state index in [1.54, 1.807) is 0 Å². The summed E-state index contributed by atoms with van der Waals surface area (Å²) in [5.41, 5.74) is 13.4. The Kier molecular flexibility index (Phi) is 7.71. The Morgan fingerprint density at radius 2 is 1.04 bits per heavy atom. The normalized spacial score (nSPS) is 12.0. The molecule has 11 rings (SSSR count).